The van der Waals surface area contributed by atoms with E-state index in [1.807, 2.05) is 0 Å². The van der Waals surface area contributed by atoms with Crippen LogP contribution < -0.4 is 10.6 Å². The highest BCUT2D eigenvalue weighted by Crippen LogP contribution is 2.20. The summed E-state index contributed by atoms with van der Waals surface area (Å²) in [4.78, 5) is 7.19. The van der Waals surface area contributed by atoms with E-state index < -0.39 is 0 Å². The van der Waals surface area contributed by atoms with E-state index in [1.54, 1.807) is 0 Å². The lowest BCUT2D eigenvalue weighted by molar-refractivity contribution is 0.327. The third-order valence-electron chi connectivity index (χ3n) is 4.26. The summed E-state index contributed by atoms with van der Waals surface area (Å²) in [7, 11) is 4.28. The summed E-state index contributed by atoms with van der Waals surface area (Å²) in [6, 6.07) is 6.33. The molecule has 6 heteroatoms. The predicted molar refractivity (Wildman–Crippen MR) is 104 cm³/mol. The Hall–Kier alpha value is -1.30. The van der Waals surface area contributed by atoms with E-state index >= 15 is 0 Å². The molecule has 1 heterocycles. The first-order chi connectivity index (χ1) is 11.7. The van der Waals surface area contributed by atoms with Gasteiger partial charge in [-0.3, -0.25) is 0 Å². The Labute approximate surface area is 150 Å². The van der Waals surface area contributed by atoms with Crippen molar-refractivity contribution in [3.63, 3.8) is 0 Å². The van der Waals surface area contributed by atoms with Gasteiger partial charge in [0, 0.05) is 44.7 Å². The van der Waals surface area contributed by atoms with Gasteiger partial charge in [-0.05, 0) is 44.8 Å². The van der Waals surface area contributed by atoms with Gasteiger partial charge in [0.2, 0.25) is 0 Å². The summed E-state index contributed by atoms with van der Waals surface area (Å²) in [6.45, 7) is 7.18. The highest BCUT2D eigenvalue weighted by atomic mass is 35.5. The average Bonchev–Trinajstić information content (AvgIpc) is 2.89. The van der Waals surface area contributed by atoms with E-state index in [2.05, 4.69) is 59.3 Å². The number of imidazole rings is 1. The number of hydrogen-bond acceptors (Lipinski definition) is 4. The molecule has 0 bridgehead atoms. The van der Waals surface area contributed by atoms with Crippen LogP contribution in [0.4, 0.5) is 5.69 Å². The molecule has 0 fully saturated rings. The Kier molecular flexibility index (Phi) is 7.82. The first kappa shape index (κ1) is 19.0. The van der Waals surface area contributed by atoms with E-state index in [-0.39, 0.29) is 0 Å². The van der Waals surface area contributed by atoms with Gasteiger partial charge in [0.25, 0.3) is 0 Å². The number of alkyl halides is 1. The van der Waals surface area contributed by atoms with Gasteiger partial charge in [-0.15, -0.1) is 11.6 Å². The molecule has 0 spiro atoms. The topological polar surface area (TPSA) is 45.1 Å². The van der Waals surface area contributed by atoms with Crippen molar-refractivity contribution in [1.82, 2.24) is 19.8 Å². The Bertz CT molecular complexity index is 625. The largest absolute Gasteiger partial charge is 0.384 e. The van der Waals surface area contributed by atoms with Gasteiger partial charge in [0.1, 0.15) is 5.82 Å². The fourth-order valence-electron chi connectivity index (χ4n) is 2.84. The molecular weight excluding hydrogens is 322 g/mol. The van der Waals surface area contributed by atoms with Gasteiger partial charge in [-0.1, -0.05) is 6.92 Å². The summed E-state index contributed by atoms with van der Waals surface area (Å²) in [6.07, 6.45) is 2.12. The molecule has 0 radical (unpaired) electrons. The monoisotopic (exact) mass is 351 g/mol. The van der Waals surface area contributed by atoms with Crippen molar-refractivity contribution in [2.75, 3.05) is 51.0 Å². The van der Waals surface area contributed by atoms with Gasteiger partial charge >= 0.3 is 0 Å². The molecule has 0 saturated carbocycles. The summed E-state index contributed by atoms with van der Waals surface area (Å²) in [5, 5.41) is 6.67. The SMILES string of the molecule is CCNCCN(C)CCCc1nc2cc(NCCCl)ccc2n1C. The second kappa shape index (κ2) is 9.87. The van der Waals surface area contributed by atoms with E-state index in [4.69, 9.17) is 16.6 Å². The zero-order valence-corrected chi connectivity index (χ0v) is 15.9. The molecule has 1 aromatic heterocycles. The highest BCUT2D eigenvalue weighted by molar-refractivity contribution is 6.18. The third kappa shape index (κ3) is 5.36. The van der Waals surface area contributed by atoms with Gasteiger partial charge < -0.3 is 20.1 Å². The second-order valence-corrected chi connectivity index (χ2v) is 6.54. The van der Waals surface area contributed by atoms with Crippen molar-refractivity contribution in [3.05, 3.63) is 24.0 Å². The van der Waals surface area contributed by atoms with Crippen LogP contribution in [0.2, 0.25) is 0 Å². The molecule has 2 rings (SSSR count). The smallest absolute Gasteiger partial charge is 0.109 e. The van der Waals surface area contributed by atoms with Crippen LogP contribution in [0.25, 0.3) is 11.0 Å². The molecule has 0 saturated heterocycles. The minimum Gasteiger partial charge on any atom is -0.384 e. The Balaban J connectivity index is 1.90. The maximum Gasteiger partial charge on any atom is 0.109 e. The van der Waals surface area contributed by atoms with Crippen LogP contribution in [-0.4, -0.2) is 60.1 Å². The molecule has 0 atom stereocenters. The fraction of sp³-hybridized carbons (Fsp3) is 0.611. The molecule has 1 aromatic carbocycles. The van der Waals surface area contributed by atoms with Gasteiger partial charge in [0.05, 0.1) is 11.0 Å². The summed E-state index contributed by atoms with van der Waals surface area (Å²) in [5.41, 5.74) is 3.31. The molecule has 0 aliphatic carbocycles. The zero-order chi connectivity index (χ0) is 17.4. The summed E-state index contributed by atoms with van der Waals surface area (Å²) >= 11 is 5.73. The Morgan fingerprint density at radius 2 is 2.08 bits per heavy atom. The lowest BCUT2D eigenvalue weighted by atomic mass is 10.2. The summed E-state index contributed by atoms with van der Waals surface area (Å²) < 4.78 is 2.21. The maximum atomic E-state index is 5.73. The van der Waals surface area contributed by atoms with Crippen molar-refractivity contribution < 1.29 is 0 Å². The van der Waals surface area contributed by atoms with Crippen LogP contribution in [0.1, 0.15) is 19.2 Å². The van der Waals surface area contributed by atoms with Crippen molar-refractivity contribution >= 4 is 28.3 Å². The predicted octanol–water partition coefficient (Wildman–Crippen LogP) is 2.70. The van der Waals surface area contributed by atoms with Gasteiger partial charge in [0.15, 0.2) is 0 Å². The Morgan fingerprint density at radius 3 is 2.83 bits per heavy atom. The van der Waals surface area contributed by atoms with Crippen LogP contribution in [0, 0.1) is 0 Å². The number of hydrogen-bond donors (Lipinski definition) is 2. The van der Waals surface area contributed by atoms with Crippen LogP contribution in [0.15, 0.2) is 18.2 Å². The van der Waals surface area contributed by atoms with E-state index in [0.29, 0.717) is 5.88 Å². The Morgan fingerprint density at radius 1 is 1.25 bits per heavy atom. The first-order valence-corrected chi connectivity index (χ1v) is 9.33. The number of aromatic nitrogens is 2. The van der Waals surface area contributed by atoms with Crippen molar-refractivity contribution in [2.45, 2.75) is 19.8 Å². The number of likely N-dealkylation sites (N-methyl/N-ethyl adjacent to an activating group) is 2. The minimum absolute atomic E-state index is 0.604. The number of halogens is 1. The van der Waals surface area contributed by atoms with Crippen LogP contribution in [0.3, 0.4) is 0 Å². The molecule has 0 aliphatic rings. The number of aryl methyl sites for hydroxylation is 2. The third-order valence-corrected chi connectivity index (χ3v) is 4.45. The number of nitrogens with zero attached hydrogens (tertiary/aromatic N) is 3. The second-order valence-electron chi connectivity index (χ2n) is 6.17. The number of benzene rings is 1. The van der Waals surface area contributed by atoms with Crippen LogP contribution in [-0.2, 0) is 13.5 Å². The maximum absolute atomic E-state index is 5.73. The standard InChI is InChI=1S/C18H30ClN5/c1-4-20-11-13-23(2)12-5-6-18-22-16-14-15(21-10-9-19)7-8-17(16)24(18)3/h7-8,14,20-21H,4-6,9-13H2,1-3H3. The van der Waals surface area contributed by atoms with Crippen LogP contribution in [0.5, 0.6) is 0 Å². The molecule has 0 amide bonds. The molecular formula is C18H30ClN5. The number of fused-ring (bicyclic) bond motifs is 1. The molecule has 134 valence electrons. The fourth-order valence-corrected chi connectivity index (χ4v) is 2.93. The zero-order valence-electron chi connectivity index (χ0n) is 15.1. The van der Waals surface area contributed by atoms with Gasteiger partial charge in [-0.2, -0.15) is 0 Å². The molecule has 0 aliphatic heterocycles. The van der Waals surface area contributed by atoms with E-state index in [1.165, 1.54) is 5.52 Å². The molecule has 0 unspecified atom stereocenters. The van der Waals surface area contributed by atoms with Crippen LogP contribution >= 0.6 is 11.6 Å². The minimum atomic E-state index is 0.604. The molecule has 2 N–H and O–H groups in total. The quantitative estimate of drug-likeness (QED) is 0.482. The van der Waals surface area contributed by atoms with Crippen molar-refractivity contribution in [3.8, 4) is 0 Å². The van der Waals surface area contributed by atoms with Crippen molar-refractivity contribution in [1.29, 1.82) is 0 Å². The molecule has 2 aromatic rings. The van der Waals surface area contributed by atoms with Gasteiger partial charge in [-0.25, -0.2) is 4.98 Å². The molecule has 24 heavy (non-hydrogen) atoms. The van der Waals surface area contributed by atoms with Crippen molar-refractivity contribution in [2.24, 2.45) is 7.05 Å². The average molecular weight is 352 g/mol. The molecule has 5 nitrogen and oxygen atoms in total. The first-order valence-electron chi connectivity index (χ1n) is 8.80. The van der Waals surface area contributed by atoms with E-state index in [9.17, 15) is 0 Å². The normalized spacial score (nSPS) is 11.5. The lowest BCUT2D eigenvalue weighted by Gasteiger charge is -2.16. The number of anilines is 1. The number of rotatable bonds is 11. The van der Waals surface area contributed by atoms with E-state index in [0.717, 1.165) is 62.6 Å². The summed E-state index contributed by atoms with van der Waals surface area (Å²) in [5.74, 6) is 1.76. The lowest BCUT2D eigenvalue weighted by Crippen LogP contribution is -2.30. The number of nitrogens with one attached hydrogen (secondary N) is 2. The highest BCUT2D eigenvalue weighted by Gasteiger charge is 2.09.